The van der Waals surface area contributed by atoms with Crippen LogP contribution in [0.3, 0.4) is 0 Å². The summed E-state index contributed by atoms with van der Waals surface area (Å²) in [5, 5.41) is 0. The normalized spacial score (nSPS) is 16.1. The summed E-state index contributed by atoms with van der Waals surface area (Å²) in [7, 11) is 0. The van der Waals surface area contributed by atoms with E-state index in [1.807, 2.05) is 0 Å². The van der Waals surface area contributed by atoms with Crippen LogP contribution < -0.4 is 5.73 Å². The number of carbonyl (C=O) groups excluding carboxylic acids is 2. The molecule has 15 heavy (non-hydrogen) atoms. The molecule has 2 N–H and O–H groups in total. The summed E-state index contributed by atoms with van der Waals surface area (Å²) in [5.74, 6) is 0.00933. The van der Waals surface area contributed by atoms with Crippen molar-refractivity contribution in [2.45, 2.75) is 19.4 Å². The largest absolute Gasteiger partial charge is 0.382 e. The van der Waals surface area contributed by atoms with Crippen molar-refractivity contribution in [3.05, 3.63) is 18.1 Å². The number of imide groups is 1. The Hall–Kier alpha value is -1.98. The molecule has 1 aliphatic heterocycles. The Morgan fingerprint density at radius 1 is 1.20 bits per heavy atom. The molecular weight excluding hydrogens is 196 g/mol. The van der Waals surface area contributed by atoms with E-state index in [1.165, 1.54) is 17.3 Å². The number of amides is 2. The average Bonchev–Trinajstić information content (AvgIpc) is 2.53. The van der Waals surface area contributed by atoms with Crippen molar-refractivity contribution in [1.29, 1.82) is 0 Å². The van der Waals surface area contributed by atoms with Crippen LogP contribution in [-0.4, -0.2) is 26.7 Å². The minimum atomic E-state index is -0.154. The molecule has 1 aromatic heterocycles. The number of carbonyl (C=O) groups is 2. The summed E-state index contributed by atoms with van der Waals surface area (Å²) < 4.78 is 0. The van der Waals surface area contributed by atoms with Crippen molar-refractivity contribution >= 4 is 17.6 Å². The molecular formula is C9H10N4O2. The summed E-state index contributed by atoms with van der Waals surface area (Å²) in [6, 6.07) is 0. The van der Waals surface area contributed by atoms with Crippen molar-refractivity contribution in [2.24, 2.45) is 0 Å². The van der Waals surface area contributed by atoms with Crippen LogP contribution in [0.25, 0.3) is 0 Å². The van der Waals surface area contributed by atoms with Crippen molar-refractivity contribution in [1.82, 2.24) is 14.9 Å². The van der Waals surface area contributed by atoms with Crippen LogP contribution in [0, 0.1) is 0 Å². The maximum atomic E-state index is 11.3. The molecule has 0 bridgehead atoms. The lowest BCUT2D eigenvalue weighted by Crippen LogP contribution is -2.28. The SMILES string of the molecule is Nc1cnc(CN2C(=O)CCC2=O)cn1. The van der Waals surface area contributed by atoms with E-state index < -0.39 is 0 Å². The zero-order chi connectivity index (χ0) is 10.8. The van der Waals surface area contributed by atoms with Gasteiger partial charge in [0.1, 0.15) is 5.82 Å². The summed E-state index contributed by atoms with van der Waals surface area (Å²) in [6.07, 6.45) is 3.46. The lowest BCUT2D eigenvalue weighted by molar-refractivity contribution is -0.139. The number of likely N-dealkylation sites (tertiary alicyclic amines) is 1. The van der Waals surface area contributed by atoms with Gasteiger partial charge in [0.25, 0.3) is 0 Å². The fraction of sp³-hybridized carbons (Fsp3) is 0.333. The molecule has 0 radical (unpaired) electrons. The first-order valence-corrected chi connectivity index (χ1v) is 4.56. The van der Waals surface area contributed by atoms with Crippen LogP contribution in [-0.2, 0) is 16.1 Å². The van der Waals surface area contributed by atoms with Crippen molar-refractivity contribution < 1.29 is 9.59 Å². The first-order chi connectivity index (χ1) is 7.16. The zero-order valence-electron chi connectivity index (χ0n) is 8.01. The van der Waals surface area contributed by atoms with Crippen molar-refractivity contribution in [2.75, 3.05) is 5.73 Å². The van der Waals surface area contributed by atoms with Crippen molar-refractivity contribution in [3.8, 4) is 0 Å². The third-order valence-electron chi connectivity index (χ3n) is 2.20. The maximum absolute atomic E-state index is 11.3. The van der Waals surface area contributed by atoms with E-state index in [1.54, 1.807) is 0 Å². The van der Waals surface area contributed by atoms with Crippen molar-refractivity contribution in [3.63, 3.8) is 0 Å². The monoisotopic (exact) mass is 206 g/mol. The van der Waals surface area contributed by atoms with Gasteiger partial charge >= 0.3 is 0 Å². The van der Waals surface area contributed by atoms with Crippen LogP contribution in [0.5, 0.6) is 0 Å². The maximum Gasteiger partial charge on any atom is 0.230 e. The van der Waals surface area contributed by atoms with Gasteiger partial charge in [-0.25, -0.2) is 4.98 Å². The molecule has 0 atom stereocenters. The number of rotatable bonds is 2. The third kappa shape index (κ3) is 1.93. The summed E-state index contributed by atoms with van der Waals surface area (Å²) >= 11 is 0. The Balaban J connectivity index is 2.11. The molecule has 0 spiro atoms. The predicted molar refractivity (Wildman–Crippen MR) is 51.2 cm³/mol. The van der Waals surface area contributed by atoms with Crippen LogP contribution in [0.1, 0.15) is 18.5 Å². The third-order valence-corrected chi connectivity index (χ3v) is 2.20. The van der Waals surface area contributed by atoms with Gasteiger partial charge in [-0.2, -0.15) is 0 Å². The molecule has 6 nitrogen and oxygen atoms in total. The predicted octanol–water partition coefficient (Wildman–Crippen LogP) is -0.292. The van der Waals surface area contributed by atoms with Gasteiger partial charge in [-0.1, -0.05) is 0 Å². The molecule has 78 valence electrons. The number of nitrogens with zero attached hydrogens (tertiary/aromatic N) is 3. The smallest absolute Gasteiger partial charge is 0.230 e. The highest BCUT2D eigenvalue weighted by molar-refractivity contribution is 6.01. The molecule has 6 heteroatoms. The minimum absolute atomic E-state index is 0.154. The average molecular weight is 206 g/mol. The van der Waals surface area contributed by atoms with E-state index in [4.69, 9.17) is 5.73 Å². The van der Waals surface area contributed by atoms with Gasteiger partial charge in [0.15, 0.2) is 0 Å². The Bertz CT molecular complexity index is 385. The van der Waals surface area contributed by atoms with Gasteiger partial charge in [-0.3, -0.25) is 19.5 Å². The second-order valence-electron chi connectivity index (χ2n) is 3.31. The van der Waals surface area contributed by atoms with Crippen LogP contribution in [0.2, 0.25) is 0 Å². The standard InChI is InChI=1S/C9H10N4O2/c10-7-4-11-6(3-12-7)5-13-8(14)1-2-9(13)15/h3-4H,1-2,5H2,(H2,10,12). The lowest BCUT2D eigenvalue weighted by atomic mass is 10.4. The molecule has 1 aliphatic rings. The zero-order valence-corrected chi connectivity index (χ0v) is 8.01. The molecule has 0 saturated carbocycles. The van der Waals surface area contributed by atoms with Gasteiger partial charge < -0.3 is 5.73 Å². The molecule has 1 fully saturated rings. The molecule has 0 aliphatic carbocycles. The van der Waals surface area contributed by atoms with Gasteiger partial charge in [-0.05, 0) is 0 Å². The molecule has 1 aromatic rings. The Labute approximate surface area is 86.1 Å². The van der Waals surface area contributed by atoms with E-state index in [0.29, 0.717) is 24.4 Å². The molecule has 0 unspecified atom stereocenters. The Morgan fingerprint density at radius 2 is 1.87 bits per heavy atom. The molecule has 2 amide bonds. The summed E-state index contributed by atoms with van der Waals surface area (Å²) in [4.78, 5) is 31.6. The summed E-state index contributed by atoms with van der Waals surface area (Å²) in [6.45, 7) is 0.185. The molecule has 1 saturated heterocycles. The topological polar surface area (TPSA) is 89.2 Å². The highest BCUT2D eigenvalue weighted by Crippen LogP contribution is 2.14. The van der Waals surface area contributed by atoms with Gasteiger partial charge in [0.2, 0.25) is 11.8 Å². The van der Waals surface area contributed by atoms with E-state index >= 15 is 0 Å². The van der Waals surface area contributed by atoms with Crippen LogP contribution in [0.4, 0.5) is 5.82 Å². The van der Waals surface area contributed by atoms with E-state index in [0.717, 1.165) is 0 Å². The summed E-state index contributed by atoms with van der Waals surface area (Å²) in [5.41, 5.74) is 5.93. The number of anilines is 1. The molecule has 2 rings (SSSR count). The van der Waals surface area contributed by atoms with E-state index in [2.05, 4.69) is 9.97 Å². The number of hydrogen-bond acceptors (Lipinski definition) is 5. The second-order valence-corrected chi connectivity index (χ2v) is 3.31. The highest BCUT2D eigenvalue weighted by Gasteiger charge is 2.28. The second kappa shape index (κ2) is 3.64. The number of hydrogen-bond donors (Lipinski definition) is 1. The number of nitrogens with two attached hydrogens (primary N) is 1. The fourth-order valence-electron chi connectivity index (χ4n) is 1.41. The lowest BCUT2D eigenvalue weighted by Gasteiger charge is -2.12. The number of nitrogen functional groups attached to an aromatic ring is 1. The van der Waals surface area contributed by atoms with E-state index in [-0.39, 0.29) is 18.4 Å². The van der Waals surface area contributed by atoms with E-state index in [9.17, 15) is 9.59 Å². The van der Waals surface area contributed by atoms with Crippen LogP contribution in [0.15, 0.2) is 12.4 Å². The Kier molecular flexibility index (Phi) is 2.32. The quantitative estimate of drug-likeness (QED) is 0.671. The van der Waals surface area contributed by atoms with Gasteiger partial charge in [0, 0.05) is 12.8 Å². The van der Waals surface area contributed by atoms with Gasteiger partial charge in [0.05, 0.1) is 24.6 Å². The molecule has 0 aromatic carbocycles. The van der Waals surface area contributed by atoms with Crippen LogP contribution >= 0.6 is 0 Å². The van der Waals surface area contributed by atoms with Gasteiger partial charge in [-0.15, -0.1) is 0 Å². The number of aromatic nitrogens is 2. The fourth-order valence-corrected chi connectivity index (χ4v) is 1.41. The molecule has 2 heterocycles. The highest BCUT2D eigenvalue weighted by atomic mass is 16.2. The Morgan fingerprint density at radius 3 is 2.40 bits per heavy atom. The first-order valence-electron chi connectivity index (χ1n) is 4.56. The minimum Gasteiger partial charge on any atom is -0.382 e. The first kappa shape index (κ1) is 9.57.